The van der Waals surface area contributed by atoms with Gasteiger partial charge in [-0.25, -0.2) is 15.1 Å². The molecule has 1 N–H and O–H groups in total. The molecule has 0 aromatic heterocycles. The van der Waals surface area contributed by atoms with Crippen molar-refractivity contribution in [2.24, 2.45) is 0 Å². The summed E-state index contributed by atoms with van der Waals surface area (Å²) in [5, 5.41) is 0. The van der Waals surface area contributed by atoms with Gasteiger partial charge >= 0.3 is 5.97 Å². The summed E-state index contributed by atoms with van der Waals surface area (Å²) in [4.78, 5) is 28.3. The van der Waals surface area contributed by atoms with Gasteiger partial charge in [-0.15, -0.1) is 0 Å². The van der Waals surface area contributed by atoms with E-state index in [9.17, 15) is 9.59 Å². The summed E-state index contributed by atoms with van der Waals surface area (Å²) < 4.78 is 9.98. The Morgan fingerprint density at radius 2 is 2.23 bits per heavy atom. The summed E-state index contributed by atoms with van der Waals surface area (Å²) in [6, 6.07) is 6.78. The van der Waals surface area contributed by atoms with Gasteiger partial charge in [0.1, 0.15) is 0 Å². The largest absolute Gasteiger partial charge is 0.465 e. The van der Waals surface area contributed by atoms with Crippen LogP contribution in [0.2, 0.25) is 0 Å². The average Bonchev–Trinajstić information content (AvgIpc) is 2.58. The molecule has 6 nitrogen and oxygen atoms in total. The summed E-state index contributed by atoms with van der Waals surface area (Å²) in [5.41, 5.74) is 3.47. The monoisotopic (exact) mass is 305 g/mol. The van der Waals surface area contributed by atoms with Crippen LogP contribution in [0.15, 0.2) is 30.3 Å². The second-order valence-corrected chi connectivity index (χ2v) is 4.83. The molecule has 1 aromatic carbocycles. The second-order valence-electron chi connectivity index (χ2n) is 4.83. The van der Waals surface area contributed by atoms with Crippen LogP contribution in [0.3, 0.4) is 0 Å². The molecule has 0 radical (unpaired) electrons. The molecule has 1 aliphatic rings. The van der Waals surface area contributed by atoms with Crippen LogP contribution in [0.4, 0.5) is 0 Å². The van der Waals surface area contributed by atoms with Gasteiger partial charge in [-0.1, -0.05) is 12.1 Å². The van der Waals surface area contributed by atoms with E-state index in [1.165, 1.54) is 13.2 Å². The lowest BCUT2D eigenvalue weighted by molar-refractivity contribution is -0.198. The minimum absolute atomic E-state index is 0.381. The lowest BCUT2D eigenvalue weighted by atomic mass is 10.1. The highest BCUT2D eigenvalue weighted by Crippen LogP contribution is 2.12. The maximum atomic E-state index is 11.7. The number of carbonyl (C=O) groups excluding carboxylic acids is 2. The Bertz CT molecular complexity index is 549. The SMILES string of the molecule is COC(=O)c1cccc(/C=C/C(=O)NOC2CCCCO2)c1. The van der Waals surface area contributed by atoms with Crippen molar-refractivity contribution in [2.75, 3.05) is 13.7 Å². The Morgan fingerprint density at radius 3 is 2.95 bits per heavy atom. The molecule has 2 rings (SSSR count). The molecule has 1 fully saturated rings. The molecule has 0 saturated carbocycles. The molecule has 1 saturated heterocycles. The van der Waals surface area contributed by atoms with E-state index in [0.29, 0.717) is 17.7 Å². The van der Waals surface area contributed by atoms with Crippen molar-refractivity contribution in [3.05, 3.63) is 41.5 Å². The minimum atomic E-state index is -0.419. The first-order valence-corrected chi connectivity index (χ1v) is 7.13. The fourth-order valence-corrected chi connectivity index (χ4v) is 2.02. The third-order valence-corrected chi connectivity index (χ3v) is 3.16. The van der Waals surface area contributed by atoms with E-state index in [0.717, 1.165) is 19.3 Å². The number of benzene rings is 1. The fourth-order valence-electron chi connectivity index (χ4n) is 2.02. The molecule has 1 amide bonds. The molecule has 22 heavy (non-hydrogen) atoms. The second kappa shape index (κ2) is 8.31. The zero-order chi connectivity index (χ0) is 15.8. The Morgan fingerprint density at radius 1 is 1.36 bits per heavy atom. The first kappa shape index (κ1) is 16.2. The first-order valence-electron chi connectivity index (χ1n) is 7.13. The number of ether oxygens (including phenoxy) is 2. The van der Waals surface area contributed by atoms with Gasteiger partial charge in [-0.05, 0) is 36.6 Å². The van der Waals surface area contributed by atoms with Crippen molar-refractivity contribution in [1.29, 1.82) is 0 Å². The van der Waals surface area contributed by atoms with Crippen LogP contribution in [-0.4, -0.2) is 31.9 Å². The number of methoxy groups -OCH3 is 1. The van der Waals surface area contributed by atoms with Crippen molar-refractivity contribution in [2.45, 2.75) is 25.6 Å². The fraction of sp³-hybridized carbons (Fsp3) is 0.375. The van der Waals surface area contributed by atoms with E-state index in [-0.39, 0.29) is 6.29 Å². The Labute approximate surface area is 129 Å². The molecule has 1 atom stereocenters. The smallest absolute Gasteiger partial charge is 0.337 e. The summed E-state index contributed by atoms with van der Waals surface area (Å²) in [6.45, 7) is 0.650. The standard InChI is InChI=1S/C16H19NO5/c1-20-16(19)13-6-4-5-12(11-13)8-9-14(18)17-22-15-7-2-3-10-21-15/h4-6,8-9,11,15H,2-3,7,10H2,1H3,(H,17,18)/b9-8+. The third kappa shape index (κ3) is 4.98. The highest BCUT2D eigenvalue weighted by molar-refractivity contribution is 5.92. The quantitative estimate of drug-likeness (QED) is 0.512. The highest BCUT2D eigenvalue weighted by atomic mass is 16.8. The number of esters is 1. The Kier molecular flexibility index (Phi) is 6.12. The van der Waals surface area contributed by atoms with E-state index in [1.807, 2.05) is 0 Å². The number of hydroxylamine groups is 1. The number of nitrogens with one attached hydrogen (secondary N) is 1. The summed E-state index contributed by atoms with van der Waals surface area (Å²) in [5.74, 6) is -0.810. The maximum Gasteiger partial charge on any atom is 0.337 e. The molecule has 0 aliphatic carbocycles. The number of rotatable bonds is 5. The molecule has 1 aromatic rings. The summed E-state index contributed by atoms with van der Waals surface area (Å²) in [7, 11) is 1.32. The van der Waals surface area contributed by atoms with Gasteiger partial charge in [0.25, 0.3) is 5.91 Å². The molecule has 0 spiro atoms. The van der Waals surface area contributed by atoms with Crippen LogP contribution in [0.1, 0.15) is 35.2 Å². The topological polar surface area (TPSA) is 73.9 Å². The lowest BCUT2D eigenvalue weighted by Crippen LogP contribution is -2.32. The molecular weight excluding hydrogens is 286 g/mol. The van der Waals surface area contributed by atoms with Gasteiger partial charge in [0.05, 0.1) is 12.7 Å². The molecule has 118 valence electrons. The van der Waals surface area contributed by atoms with E-state index in [2.05, 4.69) is 10.2 Å². The van der Waals surface area contributed by atoms with E-state index in [4.69, 9.17) is 9.57 Å². The first-order chi connectivity index (χ1) is 10.7. The van der Waals surface area contributed by atoms with Gasteiger partial charge in [0.15, 0.2) is 6.29 Å². The molecule has 0 bridgehead atoms. The molecule has 1 unspecified atom stereocenters. The van der Waals surface area contributed by atoms with Gasteiger partial charge in [-0.2, -0.15) is 0 Å². The Hall–Kier alpha value is -2.18. The number of hydrogen-bond donors (Lipinski definition) is 1. The summed E-state index contributed by atoms with van der Waals surface area (Å²) in [6.07, 6.45) is 5.35. The number of amides is 1. The maximum absolute atomic E-state index is 11.7. The van der Waals surface area contributed by atoms with Crippen molar-refractivity contribution >= 4 is 18.0 Å². The van der Waals surface area contributed by atoms with Gasteiger partial charge < -0.3 is 9.47 Å². The van der Waals surface area contributed by atoms with Crippen LogP contribution in [-0.2, 0) is 19.1 Å². The molecule has 6 heteroatoms. The molecule has 1 aliphatic heterocycles. The van der Waals surface area contributed by atoms with Crippen molar-refractivity contribution < 1.29 is 23.9 Å². The van der Waals surface area contributed by atoms with Crippen molar-refractivity contribution in [3.63, 3.8) is 0 Å². The van der Waals surface area contributed by atoms with Crippen LogP contribution >= 0.6 is 0 Å². The van der Waals surface area contributed by atoms with E-state index in [1.54, 1.807) is 30.3 Å². The van der Waals surface area contributed by atoms with Gasteiger partial charge in [0.2, 0.25) is 0 Å². The third-order valence-electron chi connectivity index (χ3n) is 3.16. The van der Waals surface area contributed by atoms with Crippen molar-refractivity contribution in [1.82, 2.24) is 5.48 Å². The number of hydrogen-bond acceptors (Lipinski definition) is 5. The average molecular weight is 305 g/mol. The number of carbonyl (C=O) groups is 2. The zero-order valence-corrected chi connectivity index (χ0v) is 12.4. The zero-order valence-electron chi connectivity index (χ0n) is 12.4. The van der Waals surface area contributed by atoms with E-state index < -0.39 is 11.9 Å². The van der Waals surface area contributed by atoms with Crippen LogP contribution in [0.25, 0.3) is 6.08 Å². The van der Waals surface area contributed by atoms with Crippen LogP contribution in [0, 0.1) is 0 Å². The predicted molar refractivity (Wildman–Crippen MR) is 79.6 cm³/mol. The highest BCUT2D eigenvalue weighted by Gasteiger charge is 2.14. The normalized spacial score (nSPS) is 18.1. The Balaban J connectivity index is 1.85. The van der Waals surface area contributed by atoms with Crippen LogP contribution < -0.4 is 5.48 Å². The molecular formula is C16H19NO5. The minimum Gasteiger partial charge on any atom is -0.465 e. The van der Waals surface area contributed by atoms with Crippen molar-refractivity contribution in [3.8, 4) is 0 Å². The predicted octanol–water partition coefficient (Wildman–Crippen LogP) is 2.06. The molecule has 1 heterocycles. The summed E-state index contributed by atoms with van der Waals surface area (Å²) >= 11 is 0. The van der Waals surface area contributed by atoms with E-state index >= 15 is 0 Å². The lowest BCUT2D eigenvalue weighted by Gasteiger charge is -2.21. The van der Waals surface area contributed by atoms with Crippen LogP contribution in [0.5, 0.6) is 0 Å². The van der Waals surface area contributed by atoms with Gasteiger partial charge in [0, 0.05) is 19.1 Å². The van der Waals surface area contributed by atoms with Gasteiger partial charge in [-0.3, -0.25) is 4.79 Å².